The van der Waals surface area contributed by atoms with E-state index in [1.54, 1.807) is 0 Å². The molecule has 3 heteroatoms. The molecule has 0 aliphatic carbocycles. The van der Waals surface area contributed by atoms with Gasteiger partial charge in [0.25, 0.3) is 6.71 Å². The Morgan fingerprint density at radius 3 is 1.06 bits per heavy atom. The highest BCUT2D eigenvalue weighted by Crippen LogP contribution is 2.55. The molecule has 2 aliphatic rings. The topological polar surface area (TPSA) is 6.48 Å². The van der Waals surface area contributed by atoms with E-state index in [1.165, 1.54) is 72.0 Å². The maximum absolute atomic E-state index is 2.70. The highest BCUT2D eigenvalue weighted by atomic mass is 15.2. The lowest BCUT2D eigenvalue weighted by molar-refractivity contribution is 0.569. The number of anilines is 6. The van der Waals surface area contributed by atoms with Crippen LogP contribution in [-0.4, -0.2) is 6.71 Å². The van der Waals surface area contributed by atoms with Gasteiger partial charge in [0.15, 0.2) is 0 Å². The van der Waals surface area contributed by atoms with Gasteiger partial charge in [0.05, 0.1) is 11.4 Å². The van der Waals surface area contributed by atoms with Gasteiger partial charge in [-0.1, -0.05) is 333 Å². The van der Waals surface area contributed by atoms with E-state index in [0.29, 0.717) is 11.8 Å². The van der Waals surface area contributed by atoms with Gasteiger partial charge in [-0.2, -0.15) is 0 Å². The molecule has 14 rings (SSSR count). The number of hydrogen-bond donors (Lipinski definition) is 0. The maximum atomic E-state index is 2.70. The summed E-state index contributed by atoms with van der Waals surface area (Å²) in [6.45, 7) is 30.3. The summed E-state index contributed by atoms with van der Waals surface area (Å²) in [6, 6.07) is 102. The van der Waals surface area contributed by atoms with Gasteiger partial charge in [0.2, 0.25) is 0 Å². The van der Waals surface area contributed by atoms with Crippen LogP contribution in [0, 0.1) is 0 Å². The Labute approximate surface area is 554 Å². The van der Waals surface area contributed by atoms with E-state index >= 15 is 0 Å². The standard InChI is InChI=1S/C90H85BN2/c1-58(2)64-44-47-71(77(52-64)59(3)4)65-45-48-81-79(53-65)91-80-54-66(72-38-26-27-43-78(72)90(11,12)13)46-49-82(80)93(87-75(62-34-22-16-23-35-62)41-29-42-76(87)63-36-24-17-25-37-63)84-56-68(67-50-69(88(5,6)7)57-70(51-67)89(8,9)10)55-83(85(84)91)92(81)86-73(60-30-18-14-19-31-60)39-28-40-74(86)61-32-20-15-21-33-61/h14-59H,1-13H3. The van der Waals surface area contributed by atoms with Crippen molar-refractivity contribution in [1.29, 1.82) is 0 Å². The quantitative estimate of drug-likeness (QED) is 0.119. The van der Waals surface area contributed by atoms with Crippen LogP contribution in [-0.2, 0) is 16.2 Å². The third kappa shape index (κ3) is 11.1. The molecule has 0 saturated heterocycles. The first-order chi connectivity index (χ1) is 44.7. The fraction of sp³-hybridized carbons (Fsp3) is 0.200. The molecule has 0 unspecified atom stereocenters. The summed E-state index contributed by atoms with van der Waals surface area (Å²) in [5, 5.41) is 0. The molecule has 0 radical (unpaired) electrons. The number of benzene rings is 12. The average molecular weight is 1210 g/mol. The Morgan fingerprint density at radius 2 is 0.667 bits per heavy atom. The van der Waals surface area contributed by atoms with Gasteiger partial charge in [0.1, 0.15) is 0 Å². The zero-order chi connectivity index (χ0) is 64.7. The lowest BCUT2D eigenvalue weighted by Crippen LogP contribution is -2.61. The van der Waals surface area contributed by atoms with Gasteiger partial charge >= 0.3 is 0 Å². The van der Waals surface area contributed by atoms with Gasteiger partial charge in [-0.3, -0.25) is 0 Å². The van der Waals surface area contributed by atoms with E-state index < -0.39 is 0 Å². The lowest BCUT2D eigenvalue weighted by Gasteiger charge is -2.46. The van der Waals surface area contributed by atoms with Crippen LogP contribution in [0.25, 0.3) is 77.9 Å². The molecule has 2 heterocycles. The fourth-order valence-corrected chi connectivity index (χ4v) is 14.7. The van der Waals surface area contributed by atoms with Gasteiger partial charge in [-0.05, 0) is 152 Å². The van der Waals surface area contributed by atoms with E-state index in [9.17, 15) is 0 Å². The van der Waals surface area contributed by atoms with Crippen LogP contribution >= 0.6 is 0 Å². The number of hydrogen-bond acceptors (Lipinski definition) is 2. The number of rotatable bonds is 11. The first-order valence-corrected chi connectivity index (χ1v) is 33.7. The second-order valence-electron chi connectivity index (χ2n) is 29.7. The van der Waals surface area contributed by atoms with Crippen molar-refractivity contribution >= 4 is 57.2 Å². The zero-order valence-electron chi connectivity index (χ0n) is 56.5. The highest BCUT2D eigenvalue weighted by Gasteiger charge is 2.46. The summed E-state index contributed by atoms with van der Waals surface area (Å²) in [7, 11) is 0. The summed E-state index contributed by atoms with van der Waals surface area (Å²) in [6.07, 6.45) is 0. The Balaban J connectivity index is 1.21. The normalized spacial score (nSPS) is 12.9. The summed E-state index contributed by atoms with van der Waals surface area (Å²) in [5.74, 6) is 0.707. The molecule has 2 nitrogen and oxygen atoms in total. The minimum absolute atomic E-state index is 0.111. The minimum atomic E-state index is -0.222. The van der Waals surface area contributed by atoms with Gasteiger partial charge < -0.3 is 9.80 Å². The lowest BCUT2D eigenvalue weighted by atomic mass is 9.33. The van der Waals surface area contributed by atoms with Crippen molar-refractivity contribution in [2.75, 3.05) is 9.80 Å². The van der Waals surface area contributed by atoms with E-state index in [4.69, 9.17) is 0 Å². The smallest absolute Gasteiger partial charge is 0.252 e. The molecule has 2 aliphatic heterocycles. The number of nitrogens with zero attached hydrogens (tertiary/aromatic N) is 2. The Kier molecular flexibility index (Phi) is 15.5. The van der Waals surface area contributed by atoms with Crippen LogP contribution in [0.3, 0.4) is 0 Å². The third-order valence-electron chi connectivity index (χ3n) is 19.6. The van der Waals surface area contributed by atoms with Crippen molar-refractivity contribution in [3.05, 3.63) is 295 Å². The molecule has 0 atom stereocenters. The van der Waals surface area contributed by atoms with Crippen molar-refractivity contribution in [1.82, 2.24) is 0 Å². The average Bonchev–Trinajstić information content (AvgIpc) is 0.689. The van der Waals surface area contributed by atoms with Gasteiger partial charge in [-0.25, -0.2) is 0 Å². The van der Waals surface area contributed by atoms with Crippen molar-refractivity contribution in [2.45, 2.75) is 118 Å². The zero-order valence-corrected chi connectivity index (χ0v) is 56.5. The summed E-state index contributed by atoms with van der Waals surface area (Å²) in [5.41, 5.74) is 33.7. The molecule has 0 aromatic heterocycles. The molecule has 12 aromatic carbocycles. The van der Waals surface area contributed by atoms with Crippen molar-refractivity contribution in [2.24, 2.45) is 0 Å². The highest BCUT2D eigenvalue weighted by molar-refractivity contribution is 7.00. The molecule has 458 valence electrons. The predicted octanol–water partition coefficient (Wildman–Crippen LogP) is 23.6. The van der Waals surface area contributed by atoms with Crippen LogP contribution in [0.4, 0.5) is 34.1 Å². The number of para-hydroxylation sites is 2. The Morgan fingerprint density at radius 1 is 0.280 bits per heavy atom. The summed E-state index contributed by atoms with van der Waals surface area (Å²) >= 11 is 0. The molecule has 0 spiro atoms. The second kappa shape index (κ2) is 23.8. The van der Waals surface area contributed by atoms with Crippen LogP contribution in [0.5, 0.6) is 0 Å². The van der Waals surface area contributed by atoms with Gasteiger partial charge in [-0.15, -0.1) is 0 Å². The first kappa shape index (κ1) is 60.8. The molecule has 0 N–H and O–H groups in total. The SMILES string of the molecule is CC(C)c1ccc(-c2ccc3c(c2)B2c4cc(-c5ccccc5C(C)(C)C)ccc4N(c4c(-c5ccccc5)cccc4-c4ccccc4)c4cc(-c5cc(C(C)(C)C)cc(C(C)(C)C)c5)cc(c42)N3c2c(-c3ccccc3)cccc2-c2ccccc2)c(C(C)C)c1. The molecule has 93 heavy (non-hydrogen) atoms. The Hall–Kier alpha value is -9.70. The Bertz CT molecular complexity index is 4620. The molecule has 0 fully saturated rings. The van der Waals surface area contributed by atoms with Crippen molar-refractivity contribution in [3.8, 4) is 77.9 Å². The molecule has 0 amide bonds. The van der Waals surface area contributed by atoms with E-state index in [2.05, 4.69) is 367 Å². The third-order valence-corrected chi connectivity index (χ3v) is 19.6. The fourth-order valence-electron chi connectivity index (χ4n) is 14.7. The predicted molar refractivity (Wildman–Crippen MR) is 403 cm³/mol. The van der Waals surface area contributed by atoms with Crippen LogP contribution < -0.4 is 26.2 Å². The van der Waals surface area contributed by atoms with E-state index in [1.807, 2.05) is 0 Å². The molecular formula is C90H85BN2. The monoisotopic (exact) mass is 1200 g/mol. The van der Waals surface area contributed by atoms with Crippen LogP contribution in [0.2, 0.25) is 0 Å². The molecule has 0 bridgehead atoms. The molecule has 12 aromatic rings. The summed E-state index contributed by atoms with van der Waals surface area (Å²) < 4.78 is 0. The summed E-state index contributed by atoms with van der Waals surface area (Å²) in [4.78, 5) is 5.40. The number of fused-ring (bicyclic) bond motifs is 4. The van der Waals surface area contributed by atoms with Gasteiger partial charge in [0, 0.05) is 45.0 Å². The molecule has 0 saturated carbocycles. The van der Waals surface area contributed by atoms with Crippen molar-refractivity contribution in [3.63, 3.8) is 0 Å². The van der Waals surface area contributed by atoms with E-state index in [-0.39, 0.29) is 23.0 Å². The first-order valence-electron chi connectivity index (χ1n) is 33.7. The molecular weight excluding hydrogens is 1120 g/mol. The largest absolute Gasteiger partial charge is 0.310 e. The maximum Gasteiger partial charge on any atom is 0.252 e. The minimum Gasteiger partial charge on any atom is -0.310 e. The second-order valence-corrected chi connectivity index (χ2v) is 29.7. The van der Waals surface area contributed by atoms with Crippen molar-refractivity contribution < 1.29 is 0 Å². The van der Waals surface area contributed by atoms with Crippen LogP contribution in [0.15, 0.2) is 267 Å². The van der Waals surface area contributed by atoms with E-state index in [0.717, 1.165) is 84.2 Å². The van der Waals surface area contributed by atoms with Crippen LogP contribution in [0.1, 0.15) is 130 Å².